The Hall–Kier alpha value is -0.650. The van der Waals surface area contributed by atoms with Gasteiger partial charge in [0, 0.05) is 5.92 Å². The predicted molar refractivity (Wildman–Crippen MR) is 79.1 cm³/mol. The largest absolute Gasteiger partial charge is 0.481 e. The van der Waals surface area contributed by atoms with E-state index >= 15 is 0 Å². The van der Waals surface area contributed by atoms with Crippen LogP contribution in [-0.4, -0.2) is 23.5 Å². The standard InChI is InChI=1S/C16H28N2O3/c1-10-5-2-3-8-13(10)15-17-14(18-21-15)11-6-4-7-12(9-11)16(19)20/h10-15,17-18H,2-9H2,1H3,(H,19,20). The SMILES string of the molecule is CC1CCCCC1C1NC(C2CCCC(C(=O)O)C2)NO1. The van der Waals surface area contributed by atoms with Gasteiger partial charge in [0.25, 0.3) is 0 Å². The molecule has 3 rings (SSSR count). The van der Waals surface area contributed by atoms with Crippen LogP contribution in [0.15, 0.2) is 0 Å². The molecule has 1 saturated heterocycles. The zero-order valence-corrected chi connectivity index (χ0v) is 12.9. The third-order valence-corrected chi connectivity index (χ3v) is 5.77. The van der Waals surface area contributed by atoms with Crippen LogP contribution < -0.4 is 10.8 Å². The topological polar surface area (TPSA) is 70.6 Å². The highest BCUT2D eigenvalue weighted by Crippen LogP contribution is 2.36. The Morgan fingerprint density at radius 1 is 1.14 bits per heavy atom. The highest BCUT2D eigenvalue weighted by Gasteiger charge is 2.40. The Kier molecular flexibility index (Phi) is 4.82. The van der Waals surface area contributed by atoms with Crippen molar-refractivity contribution in [2.45, 2.75) is 70.7 Å². The number of hydrogen-bond donors (Lipinski definition) is 3. The van der Waals surface area contributed by atoms with Crippen molar-refractivity contribution < 1.29 is 14.7 Å². The lowest BCUT2D eigenvalue weighted by Crippen LogP contribution is -2.45. The smallest absolute Gasteiger partial charge is 0.306 e. The number of carboxylic acid groups (broad SMARTS) is 1. The van der Waals surface area contributed by atoms with Crippen molar-refractivity contribution in [3.05, 3.63) is 0 Å². The molecule has 1 aliphatic heterocycles. The second kappa shape index (κ2) is 6.63. The zero-order valence-electron chi connectivity index (χ0n) is 12.9. The summed E-state index contributed by atoms with van der Waals surface area (Å²) >= 11 is 0. The van der Waals surface area contributed by atoms with E-state index in [1.807, 2.05) is 0 Å². The summed E-state index contributed by atoms with van der Waals surface area (Å²) in [6.45, 7) is 2.32. The second-order valence-electron chi connectivity index (χ2n) is 7.19. The van der Waals surface area contributed by atoms with Crippen molar-refractivity contribution in [3.63, 3.8) is 0 Å². The van der Waals surface area contributed by atoms with Gasteiger partial charge in [0.05, 0.1) is 12.1 Å². The van der Waals surface area contributed by atoms with Crippen LogP contribution in [0, 0.1) is 23.7 Å². The molecular formula is C16H28N2O3. The minimum absolute atomic E-state index is 0.0931. The number of rotatable bonds is 3. The molecule has 6 unspecified atom stereocenters. The summed E-state index contributed by atoms with van der Waals surface area (Å²) in [7, 11) is 0. The molecule has 3 N–H and O–H groups in total. The van der Waals surface area contributed by atoms with Crippen molar-refractivity contribution in [1.82, 2.24) is 10.8 Å². The minimum atomic E-state index is -0.643. The number of aliphatic carboxylic acids is 1. The fourth-order valence-electron chi connectivity index (χ4n) is 4.38. The molecular weight excluding hydrogens is 268 g/mol. The molecule has 0 aromatic carbocycles. The maximum Gasteiger partial charge on any atom is 0.306 e. The first-order valence-corrected chi connectivity index (χ1v) is 8.55. The van der Waals surface area contributed by atoms with Crippen molar-refractivity contribution in [2.75, 3.05) is 0 Å². The maximum atomic E-state index is 11.2. The summed E-state index contributed by atoms with van der Waals surface area (Å²) < 4.78 is 0. The van der Waals surface area contributed by atoms with Crippen molar-refractivity contribution >= 4 is 5.97 Å². The van der Waals surface area contributed by atoms with E-state index in [0.29, 0.717) is 17.8 Å². The quantitative estimate of drug-likeness (QED) is 0.746. The normalized spacial score (nSPS) is 44.6. The molecule has 0 bridgehead atoms. The number of carboxylic acids is 1. The van der Waals surface area contributed by atoms with Crippen LogP contribution in [0.5, 0.6) is 0 Å². The van der Waals surface area contributed by atoms with Crippen LogP contribution in [0.25, 0.3) is 0 Å². The van der Waals surface area contributed by atoms with Gasteiger partial charge in [-0.25, -0.2) is 0 Å². The maximum absolute atomic E-state index is 11.2. The van der Waals surface area contributed by atoms with Crippen LogP contribution in [0.2, 0.25) is 0 Å². The lowest BCUT2D eigenvalue weighted by molar-refractivity contribution is -0.143. The minimum Gasteiger partial charge on any atom is -0.481 e. The predicted octanol–water partition coefficient (Wildman–Crippen LogP) is 2.48. The van der Waals surface area contributed by atoms with E-state index in [1.54, 1.807) is 0 Å². The summed E-state index contributed by atoms with van der Waals surface area (Å²) in [6.07, 6.45) is 9.05. The third kappa shape index (κ3) is 3.41. The van der Waals surface area contributed by atoms with Crippen LogP contribution in [0.4, 0.5) is 0 Å². The van der Waals surface area contributed by atoms with Gasteiger partial charge in [-0.2, -0.15) is 5.48 Å². The Balaban J connectivity index is 1.55. The molecule has 120 valence electrons. The van der Waals surface area contributed by atoms with Gasteiger partial charge in [-0.1, -0.05) is 32.6 Å². The lowest BCUT2D eigenvalue weighted by Gasteiger charge is -2.33. The molecule has 3 fully saturated rings. The molecule has 5 nitrogen and oxygen atoms in total. The first-order valence-electron chi connectivity index (χ1n) is 8.55. The van der Waals surface area contributed by atoms with Gasteiger partial charge in [-0.3, -0.25) is 14.9 Å². The molecule has 5 heteroatoms. The van der Waals surface area contributed by atoms with Gasteiger partial charge >= 0.3 is 5.97 Å². The highest BCUT2D eigenvalue weighted by atomic mass is 16.7. The van der Waals surface area contributed by atoms with Crippen molar-refractivity contribution in [1.29, 1.82) is 0 Å². The Labute approximate surface area is 126 Å². The van der Waals surface area contributed by atoms with E-state index in [0.717, 1.165) is 25.7 Å². The Morgan fingerprint density at radius 2 is 1.95 bits per heavy atom. The van der Waals surface area contributed by atoms with Gasteiger partial charge in [-0.15, -0.1) is 0 Å². The molecule has 3 aliphatic rings. The van der Waals surface area contributed by atoms with E-state index in [2.05, 4.69) is 17.7 Å². The molecule has 2 aliphatic carbocycles. The Bertz CT molecular complexity index is 377. The number of hydroxylamine groups is 1. The summed E-state index contributed by atoms with van der Waals surface area (Å²) in [5.74, 6) is 0.824. The van der Waals surface area contributed by atoms with Crippen LogP contribution in [0.1, 0.15) is 58.3 Å². The molecule has 0 radical (unpaired) electrons. The van der Waals surface area contributed by atoms with E-state index < -0.39 is 5.97 Å². The first kappa shape index (κ1) is 15.3. The average Bonchev–Trinajstić information content (AvgIpc) is 2.97. The number of hydrogen-bond acceptors (Lipinski definition) is 4. The van der Waals surface area contributed by atoms with Crippen molar-refractivity contribution in [2.24, 2.45) is 23.7 Å². The molecule has 2 saturated carbocycles. The third-order valence-electron chi connectivity index (χ3n) is 5.77. The number of carbonyl (C=O) groups is 1. The summed E-state index contributed by atoms with van der Waals surface area (Å²) in [5, 5.41) is 12.8. The fourth-order valence-corrected chi connectivity index (χ4v) is 4.38. The van der Waals surface area contributed by atoms with Gasteiger partial charge in [0.1, 0.15) is 6.23 Å². The average molecular weight is 296 g/mol. The molecule has 0 spiro atoms. The number of nitrogens with one attached hydrogen (secondary N) is 2. The van der Waals surface area contributed by atoms with Crippen LogP contribution in [-0.2, 0) is 9.63 Å². The highest BCUT2D eigenvalue weighted by molar-refractivity contribution is 5.70. The van der Waals surface area contributed by atoms with Gasteiger partial charge in [0.2, 0.25) is 0 Å². The summed E-state index contributed by atoms with van der Waals surface area (Å²) in [4.78, 5) is 17.0. The first-order chi connectivity index (χ1) is 10.1. The molecule has 0 aromatic heterocycles. The van der Waals surface area contributed by atoms with E-state index in [1.165, 1.54) is 25.7 Å². The second-order valence-corrected chi connectivity index (χ2v) is 7.19. The summed E-state index contributed by atoms with van der Waals surface area (Å²) in [5.41, 5.74) is 3.15. The summed E-state index contributed by atoms with van der Waals surface area (Å²) in [6, 6.07) is 0. The van der Waals surface area contributed by atoms with Gasteiger partial charge < -0.3 is 5.11 Å². The van der Waals surface area contributed by atoms with Crippen molar-refractivity contribution in [3.8, 4) is 0 Å². The van der Waals surface area contributed by atoms with E-state index in [-0.39, 0.29) is 18.3 Å². The van der Waals surface area contributed by atoms with Crippen LogP contribution in [0.3, 0.4) is 0 Å². The monoisotopic (exact) mass is 296 g/mol. The van der Waals surface area contributed by atoms with E-state index in [4.69, 9.17) is 4.84 Å². The van der Waals surface area contributed by atoms with Crippen LogP contribution >= 0.6 is 0 Å². The van der Waals surface area contributed by atoms with Gasteiger partial charge in [-0.05, 0) is 37.5 Å². The lowest BCUT2D eigenvalue weighted by atomic mass is 9.78. The molecule has 6 atom stereocenters. The molecule has 0 amide bonds. The zero-order chi connectivity index (χ0) is 14.8. The fraction of sp³-hybridized carbons (Fsp3) is 0.938. The Morgan fingerprint density at radius 3 is 2.71 bits per heavy atom. The van der Waals surface area contributed by atoms with E-state index in [9.17, 15) is 9.90 Å². The molecule has 0 aromatic rings. The molecule has 1 heterocycles. The molecule has 21 heavy (non-hydrogen) atoms. The van der Waals surface area contributed by atoms with Gasteiger partial charge in [0.15, 0.2) is 0 Å².